The SMILES string of the molecule is CC1NC(=O)N(c2cc(Cl)nc(Cl)c2)C1=O. The standard InChI is InChI=1S/C9H7Cl2N3O2/c1-4-8(15)14(9(16)12-4)5-2-6(10)13-7(11)3-5/h2-4H,1H3,(H,12,16). The molecule has 0 radical (unpaired) electrons. The van der Waals surface area contributed by atoms with Crippen molar-refractivity contribution in [3.63, 3.8) is 0 Å². The number of urea groups is 1. The number of aromatic nitrogens is 1. The van der Waals surface area contributed by atoms with E-state index in [0.717, 1.165) is 4.90 Å². The predicted octanol–water partition coefficient (Wildman–Crippen LogP) is 1.83. The Morgan fingerprint density at radius 2 is 1.88 bits per heavy atom. The summed E-state index contributed by atoms with van der Waals surface area (Å²) in [5.74, 6) is -0.344. The summed E-state index contributed by atoms with van der Waals surface area (Å²) in [6.07, 6.45) is 0. The van der Waals surface area contributed by atoms with E-state index in [1.165, 1.54) is 12.1 Å². The van der Waals surface area contributed by atoms with Crippen molar-refractivity contribution in [3.8, 4) is 0 Å². The van der Waals surface area contributed by atoms with Crippen molar-refractivity contribution in [2.24, 2.45) is 0 Å². The number of imide groups is 1. The number of rotatable bonds is 1. The topological polar surface area (TPSA) is 62.3 Å². The van der Waals surface area contributed by atoms with Gasteiger partial charge in [0.2, 0.25) is 0 Å². The lowest BCUT2D eigenvalue weighted by molar-refractivity contribution is -0.117. The normalized spacial score (nSPS) is 20.2. The lowest BCUT2D eigenvalue weighted by Gasteiger charge is -2.12. The van der Waals surface area contributed by atoms with E-state index in [0.29, 0.717) is 5.69 Å². The van der Waals surface area contributed by atoms with Crippen molar-refractivity contribution < 1.29 is 9.59 Å². The fraction of sp³-hybridized carbons (Fsp3) is 0.222. The second-order valence-corrected chi connectivity index (χ2v) is 4.09. The second kappa shape index (κ2) is 3.92. The quantitative estimate of drug-likeness (QED) is 0.619. The molecule has 0 aromatic carbocycles. The maximum atomic E-state index is 11.7. The highest BCUT2D eigenvalue weighted by atomic mass is 35.5. The van der Waals surface area contributed by atoms with Gasteiger partial charge in [-0.15, -0.1) is 0 Å². The van der Waals surface area contributed by atoms with E-state index in [4.69, 9.17) is 23.2 Å². The molecule has 2 rings (SSSR count). The predicted molar refractivity (Wildman–Crippen MR) is 59.7 cm³/mol. The zero-order valence-corrected chi connectivity index (χ0v) is 9.71. The molecule has 7 heteroatoms. The minimum absolute atomic E-state index is 0.127. The molecule has 1 fully saturated rings. The highest BCUT2D eigenvalue weighted by molar-refractivity contribution is 6.33. The maximum Gasteiger partial charge on any atom is 0.329 e. The molecule has 1 saturated heterocycles. The summed E-state index contributed by atoms with van der Waals surface area (Å²) in [5, 5.41) is 2.74. The molecule has 1 aromatic rings. The fourth-order valence-electron chi connectivity index (χ4n) is 1.43. The molecule has 0 aliphatic carbocycles. The summed E-state index contributed by atoms with van der Waals surface area (Å²) in [4.78, 5) is 27.9. The van der Waals surface area contributed by atoms with Crippen LogP contribution in [0.2, 0.25) is 10.3 Å². The van der Waals surface area contributed by atoms with Gasteiger partial charge in [-0.25, -0.2) is 14.7 Å². The first kappa shape index (κ1) is 11.2. The van der Waals surface area contributed by atoms with E-state index in [1.807, 2.05) is 0 Å². The molecular formula is C9H7Cl2N3O2. The van der Waals surface area contributed by atoms with Gasteiger partial charge in [0.15, 0.2) is 0 Å². The van der Waals surface area contributed by atoms with E-state index in [-0.39, 0.29) is 16.2 Å². The number of pyridine rings is 1. The summed E-state index contributed by atoms with van der Waals surface area (Å²) in [5.41, 5.74) is 0.317. The van der Waals surface area contributed by atoms with E-state index >= 15 is 0 Å². The molecule has 2 heterocycles. The van der Waals surface area contributed by atoms with E-state index in [9.17, 15) is 9.59 Å². The van der Waals surface area contributed by atoms with Crippen LogP contribution in [0, 0.1) is 0 Å². The molecule has 1 aromatic heterocycles. The molecule has 84 valence electrons. The Morgan fingerprint density at radius 1 is 1.31 bits per heavy atom. The zero-order valence-electron chi connectivity index (χ0n) is 8.20. The average molecular weight is 260 g/mol. The highest BCUT2D eigenvalue weighted by Crippen LogP contribution is 2.25. The smallest absolute Gasteiger partial charge is 0.326 e. The van der Waals surface area contributed by atoms with Crippen LogP contribution in [0.3, 0.4) is 0 Å². The molecular weight excluding hydrogens is 253 g/mol. The largest absolute Gasteiger partial charge is 0.329 e. The van der Waals surface area contributed by atoms with Gasteiger partial charge >= 0.3 is 6.03 Å². The molecule has 0 saturated carbocycles. The van der Waals surface area contributed by atoms with Crippen molar-refractivity contribution in [2.45, 2.75) is 13.0 Å². The number of hydrogen-bond donors (Lipinski definition) is 1. The van der Waals surface area contributed by atoms with Crippen LogP contribution < -0.4 is 10.2 Å². The Kier molecular flexibility index (Phi) is 2.73. The van der Waals surface area contributed by atoms with Gasteiger partial charge < -0.3 is 5.32 Å². The number of nitrogens with one attached hydrogen (secondary N) is 1. The van der Waals surface area contributed by atoms with Gasteiger partial charge in [0, 0.05) is 0 Å². The third kappa shape index (κ3) is 1.83. The summed E-state index contributed by atoms with van der Waals surface area (Å²) >= 11 is 11.4. The van der Waals surface area contributed by atoms with E-state index in [1.54, 1.807) is 6.92 Å². The first-order valence-electron chi connectivity index (χ1n) is 4.46. The molecule has 1 unspecified atom stereocenters. The lowest BCUT2D eigenvalue weighted by atomic mass is 10.3. The maximum absolute atomic E-state index is 11.7. The molecule has 1 atom stereocenters. The molecule has 0 bridgehead atoms. The van der Waals surface area contributed by atoms with Crippen molar-refractivity contribution in [3.05, 3.63) is 22.4 Å². The Labute approximate surface area is 101 Å². The first-order valence-corrected chi connectivity index (χ1v) is 5.22. The summed E-state index contributed by atoms with van der Waals surface area (Å²) < 4.78 is 0. The first-order chi connectivity index (χ1) is 7.49. The van der Waals surface area contributed by atoms with Crippen molar-refractivity contribution in [1.29, 1.82) is 0 Å². The molecule has 16 heavy (non-hydrogen) atoms. The Morgan fingerprint density at radius 3 is 2.31 bits per heavy atom. The van der Waals surface area contributed by atoms with Crippen molar-refractivity contribution in [1.82, 2.24) is 10.3 Å². The van der Waals surface area contributed by atoms with Gasteiger partial charge in [-0.2, -0.15) is 0 Å². The molecule has 0 spiro atoms. The molecule has 3 amide bonds. The highest BCUT2D eigenvalue weighted by Gasteiger charge is 2.36. The molecule has 5 nitrogen and oxygen atoms in total. The van der Waals surface area contributed by atoms with Crippen LogP contribution in [0.15, 0.2) is 12.1 Å². The third-order valence-corrected chi connectivity index (χ3v) is 2.53. The molecule has 1 aliphatic rings. The monoisotopic (exact) mass is 259 g/mol. The Balaban J connectivity index is 2.44. The van der Waals surface area contributed by atoms with Gasteiger partial charge in [0.05, 0.1) is 5.69 Å². The minimum atomic E-state index is -0.543. The summed E-state index contributed by atoms with van der Waals surface area (Å²) in [6, 6.07) is 1.78. The second-order valence-electron chi connectivity index (χ2n) is 3.32. The summed E-state index contributed by atoms with van der Waals surface area (Å²) in [6.45, 7) is 1.60. The molecule has 1 N–H and O–H groups in total. The van der Waals surface area contributed by atoms with Crippen molar-refractivity contribution >= 4 is 40.8 Å². The number of hydrogen-bond acceptors (Lipinski definition) is 3. The molecule has 1 aliphatic heterocycles. The van der Waals surface area contributed by atoms with Crippen LogP contribution in [0.4, 0.5) is 10.5 Å². The number of amides is 3. The Hall–Kier alpha value is -1.33. The number of nitrogens with zero attached hydrogens (tertiary/aromatic N) is 2. The zero-order chi connectivity index (χ0) is 11.9. The lowest BCUT2D eigenvalue weighted by Crippen LogP contribution is -2.30. The number of anilines is 1. The van der Waals surface area contributed by atoms with Crippen LogP contribution in [-0.2, 0) is 4.79 Å². The fourth-order valence-corrected chi connectivity index (χ4v) is 1.88. The average Bonchev–Trinajstić information content (AvgIpc) is 2.39. The van der Waals surface area contributed by atoms with E-state index < -0.39 is 12.1 Å². The van der Waals surface area contributed by atoms with Gasteiger partial charge in [0.25, 0.3) is 5.91 Å². The van der Waals surface area contributed by atoms with Crippen LogP contribution in [0.5, 0.6) is 0 Å². The van der Waals surface area contributed by atoms with Gasteiger partial charge in [-0.1, -0.05) is 23.2 Å². The number of carbonyl (C=O) groups excluding carboxylic acids is 2. The van der Waals surface area contributed by atoms with Crippen molar-refractivity contribution in [2.75, 3.05) is 4.90 Å². The number of halogens is 2. The van der Waals surface area contributed by atoms with Crippen LogP contribution in [0.25, 0.3) is 0 Å². The Bertz CT molecular complexity index is 458. The van der Waals surface area contributed by atoms with Crippen LogP contribution in [-0.4, -0.2) is 23.0 Å². The van der Waals surface area contributed by atoms with Crippen LogP contribution >= 0.6 is 23.2 Å². The van der Waals surface area contributed by atoms with Crippen LogP contribution in [0.1, 0.15) is 6.92 Å². The summed E-state index contributed by atoms with van der Waals surface area (Å²) in [7, 11) is 0. The number of carbonyl (C=O) groups is 2. The van der Waals surface area contributed by atoms with E-state index in [2.05, 4.69) is 10.3 Å². The van der Waals surface area contributed by atoms with Gasteiger partial charge in [-0.3, -0.25) is 4.79 Å². The third-order valence-electron chi connectivity index (χ3n) is 2.14. The van der Waals surface area contributed by atoms with Gasteiger partial charge in [-0.05, 0) is 19.1 Å². The van der Waals surface area contributed by atoms with Gasteiger partial charge in [0.1, 0.15) is 16.3 Å². The minimum Gasteiger partial charge on any atom is -0.326 e.